The van der Waals surface area contributed by atoms with Gasteiger partial charge in [-0.3, -0.25) is 14.4 Å². The predicted octanol–water partition coefficient (Wildman–Crippen LogP) is 3.58. The summed E-state index contributed by atoms with van der Waals surface area (Å²) in [7, 11) is 0. The largest absolute Gasteiger partial charge is 0.480 e. The Kier molecular flexibility index (Phi) is 12.6. The molecule has 7 nitrogen and oxygen atoms in total. The molecule has 1 rings (SSSR count). The number of carboxylic acids is 1. The summed E-state index contributed by atoms with van der Waals surface area (Å²) in [6.45, 7) is 7.48. The number of allylic oxidation sites excluding steroid dienone is 5. The number of carbonyl (C=O) groups excluding carboxylic acids is 2. The van der Waals surface area contributed by atoms with Gasteiger partial charge in [-0.15, -0.1) is 0 Å². The van der Waals surface area contributed by atoms with Gasteiger partial charge in [0.25, 0.3) is 0 Å². The monoisotopic (exact) mass is 461 g/mol. The van der Waals surface area contributed by atoms with Crippen LogP contribution in [0.15, 0.2) is 47.1 Å². The standard InChI is InChI=1S/C26H39NO6/c1-18(10-6-12-20(3)16-23(29)25(32)21(4)28)8-5-9-19(2)11-7-13-22-14-15-27(26(22)33)17-24(30)31/h5,8-9,12,14,18,23,25,29,32H,6-7,10-11,13,15-17H2,1-4H3,(H,30,31). The zero-order valence-corrected chi connectivity index (χ0v) is 20.3. The van der Waals surface area contributed by atoms with Crippen molar-refractivity contribution in [3.63, 3.8) is 0 Å². The van der Waals surface area contributed by atoms with E-state index < -0.39 is 24.0 Å². The highest BCUT2D eigenvalue weighted by Crippen LogP contribution is 2.19. The summed E-state index contributed by atoms with van der Waals surface area (Å²) in [6.07, 6.45) is 12.2. The Bertz CT molecular complexity index is 808. The summed E-state index contributed by atoms with van der Waals surface area (Å²) < 4.78 is 0. The molecule has 0 fully saturated rings. The summed E-state index contributed by atoms with van der Waals surface area (Å²) in [5, 5.41) is 28.2. The van der Waals surface area contributed by atoms with E-state index in [4.69, 9.17) is 5.11 Å². The zero-order valence-electron chi connectivity index (χ0n) is 20.3. The average Bonchev–Trinajstić information content (AvgIpc) is 3.06. The van der Waals surface area contributed by atoms with Gasteiger partial charge < -0.3 is 20.2 Å². The number of rotatable bonds is 15. The molecule has 0 radical (unpaired) electrons. The van der Waals surface area contributed by atoms with Crippen LogP contribution < -0.4 is 0 Å². The van der Waals surface area contributed by atoms with Crippen molar-refractivity contribution in [2.24, 2.45) is 5.92 Å². The molecule has 3 unspecified atom stereocenters. The number of Topliss-reactive ketones (excluding diaryl/α,β-unsaturated/α-hetero) is 1. The van der Waals surface area contributed by atoms with Gasteiger partial charge in [0.2, 0.25) is 5.91 Å². The maximum atomic E-state index is 12.1. The van der Waals surface area contributed by atoms with Crippen LogP contribution in [0.3, 0.4) is 0 Å². The molecule has 3 atom stereocenters. The van der Waals surface area contributed by atoms with E-state index in [0.717, 1.165) is 31.3 Å². The van der Waals surface area contributed by atoms with Gasteiger partial charge in [-0.1, -0.05) is 48.5 Å². The Morgan fingerprint density at radius 1 is 1.18 bits per heavy atom. The molecule has 1 aliphatic rings. The smallest absolute Gasteiger partial charge is 0.323 e. The SMILES string of the molecule is CC(=O)C(O)C(O)CC(C)=CCCC(C)C=CC=C(C)CCCC1=CCN(CC(=O)O)C1=O. The molecule has 0 bridgehead atoms. The summed E-state index contributed by atoms with van der Waals surface area (Å²) in [6, 6.07) is 0. The number of hydrogen-bond donors (Lipinski definition) is 3. The molecule has 33 heavy (non-hydrogen) atoms. The van der Waals surface area contributed by atoms with Crippen molar-refractivity contribution in [1.29, 1.82) is 0 Å². The fourth-order valence-corrected chi connectivity index (χ4v) is 3.64. The minimum absolute atomic E-state index is 0.165. The van der Waals surface area contributed by atoms with Crippen LogP contribution in [0.1, 0.15) is 66.2 Å². The molecular formula is C26H39NO6. The number of nitrogens with zero attached hydrogens (tertiary/aromatic N) is 1. The number of carboxylic acid groups (broad SMARTS) is 1. The quantitative estimate of drug-likeness (QED) is 0.254. The van der Waals surface area contributed by atoms with Crippen molar-refractivity contribution in [2.45, 2.75) is 78.4 Å². The third-order valence-electron chi connectivity index (χ3n) is 5.71. The van der Waals surface area contributed by atoms with Gasteiger partial charge in [0.1, 0.15) is 12.6 Å². The number of hydrogen-bond acceptors (Lipinski definition) is 5. The molecule has 0 aromatic carbocycles. The third-order valence-corrected chi connectivity index (χ3v) is 5.71. The van der Waals surface area contributed by atoms with Gasteiger partial charge in [-0.2, -0.15) is 0 Å². The van der Waals surface area contributed by atoms with Crippen molar-refractivity contribution in [3.05, 3.63) is 47.1 Å². The maximum Gasteiger partial charge on any atom is 0.323 e. The minimum Gasteiger partial charge on any atom is -0.480 e. The number of aliphatic hydroxyl groups excluding tert-OH is 2. The Labute approximate surface area is 197 Å². The highest BCUT2D eigenvalue weighted by Gasteiger charge is 2.24. The van der Waals surface area contributed by atoms with E-state index >= 15 is 0 Å². The van der Waals surface area contributed by atoms with Crippen LogP contribution in [0.25, 0.3) is 0 Å². The van der Waals surface area contributed by atoms with Gasteiger partial charge in [0.15, 0.2) is 5.78 Å². The summed E-state index contributed by atoms with van der Waals surface area (Å²) in [5.74, 6) is -1.20. The molecule has 0 spiro atoms. The van der Waals surface area contributed by atoms with Gasteiger partial charge in [-0.25, -0.2) is 0 Å². The number of aliphatic carboxylic acids is 1. The molecule has 1 amide bonds. The zero-order chi connectivity index (χ0) is 25.0. The van der Waals surface area contributed by atoms with Crippen LogP contribution in [-0.4, -0.2) is 63.2 Å². The van der Waals surface area contributed by atoms with E-state index in [-0.39, 0.29) is 18.9 Å². The van der Waals surface area contributed by atoms with Crippen LogP contribution in [0.2, 0.25) is 0 Å². The van der Waals surface area contributed by atoms with Gasteiger partial charge >= 0.3 is 5.97 Å². The lowest BCUT2D eigenvalue weighted by Gasteiger charge is -2.15. The Morgan fingerprint density at radius 2 is 1.88 bits per heavy atom. The van der Waals surface area contributed by atoms with E-state index in [1.165, 1.54) is 17.4 Å². The number of carbonyl (C=O) groups is 3. The topological polar surface area (TPSA) is 115 Å². The Hall–Kier alpha value is -2.51. The van der Waals surface area contributed by atoms with Gasteiger partial charge in [0.05, 0.1) is 6.10 Å². The van der Waals surface area contributed by atoms with Gasteiger partial charge in [-0.05, 0) is 65.2 Å². The van der Waals surface area contributed by atoms with Crippen LogP contribution in [0.5, 0.6) is 0 Å². The lowest BCUT2D eigenvalue weighted by molar-refractivity contribution is -0.142. The van der Waals surface area contributed by atoms with Crippen molar-refractivity contribution >= 4 is 17.7 Å². The second-order valence-corrected chi connectivity index (χ2v) is 8.99. The summed E-state index contributed by atoms with van der Waals surface area (Å²) in [5.41, 5.74) is 2.89. The molecule has 0 saturated heterocycles. The first-order valence-corrected chi connectivity index (χ1v) is 11.6. The van der Waals surface area contributed by atoms with Crippen LogP contribution >= 0.6 is 0 Å². The number of amides is 1. The molecule has 0 aromatic heterocycles. The highest BCUT2D eigenvalue weighted by atomic mass is 16.4. The van der Waals surface area contributed by atoms with Crippen molar-refractivity contribution in [3.8, 4) is 0 Å². The van der Waals surface area contributed by atoms with Crippen molar-refractivity contribution in [2.75, 3.05) is 13.1 Å². The van der Waals surface area contributed by atoms with Crippen LogP contribution in [0.4, 0.5) is 0 Å². The predicted molar refractivity (Wildman–Crippen MR) is 129 cm³/mol. The molecule has 0 saturated carbocycles. The second kappa shape index (κ2) is 14.6. The van der Waals surface area contributed by atoms with E-state index in [1.807, 2.05) is 19.1 Å². The first kappa shape index (κ1) is 28.5. The van der Waals surface area contributed by atoms with Crippen molar-refractivity contribution in [1.82, 2.24) is 4.90 Å². The molecular weight excluding hydrogens is 422 g/mol. The summed E-state index contributed by atoms with van der Waals surface area (Å²) >= 11 is 0. The van der Waals surface area contributed by atoms with Gasteiger partial charge in [0, 0.05) is 12.1 Å². The van der Waals surface area contributed by atoms with E-state index in [9.17, 15) is 24.6 Å². The highest BCUT2D eigenvalue weighted by molar-refractivity contribution is 5.97. The fourth-order valence-electron chi connectivity index (χ4n) is 3.64. The first-order chi connectivity index (χ1) is 15.5. The third kappa shape index (κ3) is 11.3. The normalized spacial score (nSPS) is 17.9. The van der Waals surface area contributed by atoms with E-state index in [1.54, 1.807) is 0 Å². The molecule has 3 N–H and O–H groups in total. The lowest BCUT2D eigenvalue weighted by Crippen LogP contribution is -2.32. The fraction of sp³-hybridized carbons (Fsp3) is 0.577. The maximum absolute atomic E-state index is 12.1. The molecule has 0 aliphatic carbocycles. The van der Waals surface area contributed by atoms with Crippen LogP contribution in [0, 0.1) is 5.92 Å². The molecule has 7 heteroatoms. The Morgan fingerprint density at radius 3 is 2.52 bits per heavy atom. The second-order valence-electron chi connectivity index (χ2n) is 8.99. The Balaban J connectivity index is 2.31. The van der Waals surface area contributed by atoms with E-state index in [0.29, 0.717) is 24.5 Å². The number of aliphatic hydroxyl groups is 2. The average molecular weight is 462 g/mol. The molecule has 1 aliphatic heterocycles. The van der Waals surface area contributed by atoms with E-state index in [2.05, 4.69) is 32.1 Å². The number of ketones is 1. The molecule has 1 heterocycles. The summed E-state index contributed by atoms with van der Waals surface area (Å²) in [4.78, 5) is 35.4. The molecule has 184 valence electrons. The van der Waals surface area contributed by atoms with Crippen LogP contribution in [-0.2, 0) is 14.4 Å². The molecule has 0 aromatic rings. The minimum atomic E-state index is -1.33. The first-order valence-electron chi connectivity index (χ1n) is 11.6. The van der Waals surface area contributed by atoms with Crippen molar-refractivity contribution < 1.29 is 29.7 Å². The lowest BCUT2D eigenvalue weighted by atomic mass is 9.99.